The van der Waals surface area contributed by atoms with Crippen molar-refractivity contribution in [1.82, 2.24) is 9.97 Å². The van der Waals surface area contributed by atoms with Crippen molar-refractivity contribution < 1.29 is 18.2 Å². The molecule has 34 heavy (non-hydrogen) atoms. The van der Waals surface area contributed by atoms with Crippen LogP contribution in [0.25, 0.3) is 11.3 Å². The fourth-order valence-electron chi connectivity index (χ4n) is 5.42. The van der Waals surface area contributed by atoms with E-state index in [-0.39, 0.29) is 41.2 Å². The van der Waals surface area contributed by atoms with Gasteiger partial charge in [0.2, 0.25) is 5.95 Å². The molecule has 1 aliphatic rings. The maximum atomic E-state index is 14.4. The first-order chi connectivity index (χ1) is 16.0. The molecule has 1 aliphatic carbocycles. The highest BCUT2D eigenvalue weighted by Gasteiger charge is 2.38. The normalized spacial score (nSPS) is 18.3. The number of hydroxylamine groups is 1. The predicted octanol–water partition coefficient (Wildman–Crippen LogP) is 5.91. The minimum absolute atomic E-state index is 0.120. The number of carbonyl (C=O) groups excluding carboxylic acids is 1. The van der Waals surface area contributed by atoms with E-state index in [9.17, 15) is 9.18 Å². The van der Waals surface area contributed by atoms with Gasteiger partial charge in [0.25, 0.3) is 0 Å². The molecule has 0 fully saturated rings. The largest absolute Gasteiger partial charge is 0.300 e. The molecular weight excluding hydrogens is 453 g/mol. The Hall–Kier alpha value is -2.32. The monoisotopic (exact) mass is 489 g/mol. The SMILES string of the molecule is CON(C)c1nc2c(c(C(C)C)n1)C(C)C([C@@H](C)C[C@@H](C)CC(C)=O)c1cc(F)ccc1-2.O=S. The Kier molecular flexibility index (Phi) is 9.76. The Morgan fingerprint density at radius 3 is 2.41 bits per heavy atom. The highest BCUT2D eigenvalue weighted by Crippen LogP contribution is 2.52. The number of nitrogens with zero attached hydrogens (tertiary/aromatic N) is 3. The van der Waals surface area contributed by atoms with Crippen LogP contribution in [0, 0.1) is 17.7 Å². The van der Waals surface area contributed by atoms with E-state index in [0.29, 0.717) is 12.4 Å². The van der Waals surface area contributed by atoms with Crippen molar-refractivity contribution in [1.29, 1.82) is 0 Å². The minimum Gasteiger partial charge on any atom is -0.300 e. The van der Waals surface area contributed by atoms with Crippen LogP contribution in [0.2, 0.25) is 0 Å². The van der Waals surface area contributed by atoms with Gasteiger partial charge in [0.1, 0.15) is 11.6 Å². The molecule has 1 aromatic carbocycles. The molecule has 0 amide bonds. The number of rotatable bonds is 8. The molecule has 0 saturated heterocycles. The number of hydrogen-bond donors (Lipinski definition) is 0. The average Bonchev–Trinajstić information content (AvgIpc) is 2.78. The zero-order chi connectivity index (χ0) is 25.7. The molecule has 1 heterocycles. The number of aromatic nitrogens is 2. The smallest absolute Gasteiger partial charge is 0.250 e. The molecule has 2 unspecified atom stereocenters. The van der Waals surface area contributed by atoms with Gasteiger partial charge in [0.15, 0.2) is 12.5 Å². The number of fused-ring (bicyclic) bond motifs is 3. The molecule has 1 aromatic heterocycles. The quantitative estimate of drug-likeness (QED) is 0.427. The van der Waals surface area contributed by atoms with E-state index < -0.39 is 0 Å². The summed E-state index contributed by atoms with van der Waals surface area (Å²) in [5.74, 6) is 1.48. The molecule has 186 valence electrons. The second-order valence-corrected chi connectivity index (χ2v) is 9.78. The van der Waals surface area contributed by atoms with Crippen LogP contribution < -0.4 is 5.06 Å². The summed E-state index contributed by atoms with van der Waals surface area (Å²) in [7, 11) is 3.37. The van der Waals surface area contributed by atoms with Gasteiger partial charge in [-0.3, -0.25) is 4.84 Å². The van der Waals surface area contributed by atoms with Crippen molar-refractivity contribution in [3.8, 4) is 11.3 Å². The second-order valence-electron chi connectivity index (χ2n) is 9.78. The highest BCUT2D eigenvalue weighted by molar-refractivity contribution is 7.44. The molecule has 0 N–H and O–H groups in total. The summed E-state index contributed by atoms with van der Waals surface area (Å²) in [6.45, 7) is 12.5. The van der Waals surface area contributed by atoms with Gasteiger partial charge in [0.05, 0.1) is 18.5 Å². The average molecular weight is 490 g/mol. The third-order valence-electron chi connectivity index (χ3n) is 6.71. The molecule has 0 saturated carbocycles. The fourth-order valence-corrected chi connectivity index (χ4v) is 5.42. The molecule has 0 spiro atoms. The van der Waals surface area contributed by atoms with Gasteiger partial charge >= 0.3 is 0 Å². The third kappa shape index (κ3) is 5.84. The van der Waals surface area contributed by atoms with E-state index in [4.69, 9.17) is 19.0 Å². The van der Waals surface area contributed by atoms with E-state index in [0.717, 1.165) is 34.5 Å². The zero-order valence-electron chi connectivity index (χ0n) is 21.4. The van der Waals surface area contributed by atoms with Crippen LogP contribution in [-0.2, 0) is 22.2 Å². The van der Waals surface area contributed by atoms with Gasteiger partial charge in [-0.15, -0.1) is 0 Å². The lowest BCUT2D eigenvalue weighted by Gasteiger charge is -2.39. The van der Waals surface area contributed by atoms with E-state index in [1.54, 1.807) is 32.2 Å². The molecule has 8 heteroatoms. The zero-order valence-corrected chi connectivity index (χ0v) is 22.2. The van der Waals surface area contributed by atoms with Crippen molar-refractivity contribution in [2.45, 2.75) is 72.1 Å². The lowest BCUT2D eigenvalue weighted by Crippen LogP contribution is -2.27. The Labute approximate surface area is 207 Å². The second kappa shape index (κ2) is 11.9. The summed E-state index contributed by atoms with van der Waals surface area (Å²) in [6, 6.07) is 5.03. The number of benzene rings is 1. The third-order valence-corrected chi connectivity index (χ3v) is 6.71. The van der Waals surface area contributed by atoms with Gasteiger partial charge in [-0.05, 0) is 66.7 Å². The standard InChI is InChI=1S/C26H36FN3O2.OS/c1-14(2)24-23-18(6)22(16(4)11-15(3)12-17(5)31)21-13-19(27)9-10-20(21)25(23)29-26(28-24)30(7)32-8;1-2/h9-10,13-16,18,22H,11-12H2,1-8H3;/t15-,16+,18?,22?;/m1./s1. The minimum atomic E-state index is -0.235. The number of ketones is 1. The molecule has 0 bridgehead atoms. The lowest BCUT2D eigenvalue weighted by molar-refractivity contribution is -0.117. The van der Waals surface area contributed by atoms with Crippen LogP contribution >= 0.6 is 0 Å². The highest BCUT2D eigenvalue weighted by atomic mass is 32.1. The molecule has 2 aromatic rings. The van der Waals surface area contributed by atoms with Gasteiger partial charge in [0, 0.05) is 24.6 Å². The lowest BCUT2D eigenvalue weighted by atomic mass is 9.66. The molecule has 0 radical (unpaired) electrons. The Balaban J connectivity index is 0.00000199. The Morgan fingerprint density at radius 2 is 1.85 bits per heavy atom. The van der Waals surface area contributed by atoms with E-state index in [1.165, 1.54) is 6.07 Å². The number of hydrogen-bond acceptors (Lipinski definition) is 7. The molecule has 6 nitrogen and oxygen atoms in total. The number of anilines is 1. The topological polar surface area (TPSA) is 72.4 Å². The number of halogens is 1. The van der Waals surface area contributed by atoms with Crippen molar-refractivity contribution in [2.24, 2.45) is 11.8 Å². The number of carbonyl (C=O) groups is 1. The van der Waals surface area contributed by atoms with Crippen molar-refractivity contribution in [2.75, 3.05) is 19.2 Å². The van der Waals surface area contributed by atoms with Gasteiger partial charge in [-0.25, -0.2) is 19.4 Å². The van der Waals surface area contributed by atoms with E-state index in [2.05, 4.69) is 47.2 Å². The summed E-state index contributed by atoms with van der Waals surface area (Å²) < 4.78 is 22.3. The summed E-state index contributed by atoms with van der Waals surface area (Å²) >= 11 is 2.83. The molecular formula is C26H36FN3O3S. The summed E-state index contributed by atoms with van der Waals surface area (Å²) in [5.41, 5.74) is 4.97. The Bertz CT molecular complexity index is 1020. The maximum Gasteiger partial charge on any atom is 0.250 e. The fraction of sp³-hybridized carbons (Fsp3) is 0.577. The first-order valence-electron chi connectivity index (χ1n) is 11.7. The predicted molar refractivity (Wildman–Crippen MR) is 134 cm³/mol. The molecule has 3 rings (SSSR count). The first kappa shape index (κ1) is 27.9. The molecule has 0 aliphatic heterocycles. The van der Waals surface area contributed by atoms with Gasteiger partial charge < -0.3 is 4.79 Å². The maximum absolute atomic E-state index is 14.4. The van der Waals surface area contributed by atoms with Crippen molar-refractivity contribution >= 4 is 24.3 Å². The van der Waals surface area contributed by atoms with Crippen LogP contribution in [0.1, 0.15) is 89.0 Å². The van der Waals surface area contributed by atoms with Crippen molar-refractivity contribution in [3.63, 3.8) is 0 Å². The summed E-state index contributed by atoms with van der Waals surface area (Å²) in [6.07, 6.45) is 1.48. The van der Waals surface area contributed by atoms with Crippen LogP contribution in [0.3, 0.4) is 0 Å². The molecule has 4 atom stereocenters. The van der Waals surface area contributed by atoms with Gasteiger partial charge in [-0.2, -0.15) is 4.21 Å². The Morgan fingerprint density at radius 1 is 1.21 bits per heavy atom. The van der Waals surface area contributed by atoms with Gasteiger partial charge in [-0.1, -0.05) is 34.6 Å². The van der Waals surface area contributed by atoms with E-state index in [1.807, 2.05) is 6.07 Å². The van der Waals surface area contributed by atoms with Crippen LogP contribution in [0.15, 0.2) is 18.2 Å². The van der Waals surface area contributed by atoms with Crippen LogP contribution in [-0.4, -0.2) is 34.1 Å². The van der Waals surface area contributed by atoms with Crippen LogP contribution in [0.5, 0.6) is 0 Å². The number of Topliss-reactive ketones (excluding diaryl/α,β-unsaturated/α-hetero) is 1. The summed E-state index contributed by atoms with van der Waals surface area (Å²) in [4.78, 5) is 26.7. The summed E-state index contributed by atoms with van der Waals surface area (Å²) in [5, 5.41) is 1.55. The first-order valence-corrected chi connectivity index (χ1v) is 12.0. The van der Waals surface area contributed by atoms with E-state index >= 15 is 0 Å². The van der Waals surface area contributed by atoms with Crippen LogP contribution in [0.4, 0.5) is 10.3 Å². The van der Waals surface area contributed by atoms with Crippen molar-refractivity contribution in [3.05, 3.63) is 40.8 Å².